The number of hydrogen-bond acceptors (Lipinski definition) is 6. The van der Waals surface area contributed by atoms with Crippen LogP contribution in [0.5, 0.6) is 0 Å². The minimum atomic E-state index is -0.828. The van der Waals surface area contributed by atoms with Crippen molar-refractivity contribution in [2.75, 3.05) is 31.7 Å². The number of methoxy groups -OCH3 is 1. The molecule has 0 bridgehead atoms. The molecule has 1 saturated heterocycles. The van der Waals surface area contributed by atoms with Gasteiger partial charge in [-0.2, -0.15) is 0 Å². The molecule has 1 fully saturated rings. The summed E-state index contributed by atoms with van der Waals surface area (Å²) in [5.74, 6) is 0.117. The molecule has 2 aromatic heterocycles. The molecule has 3 aromatic rings. The number of aryl methyl sites for hydroxylation is 1. The fourth-order valence-corrected chi connectivity index (χ4v) is 4.62. The number of benzene rings is 1. The first-order chi connectivity index (χ1) is 17.9. The monoisotopic (exact) mass is 506 g/mol. The highest BCUT2D eigenvalue weighted by atomic mass is 19.1. The number of carbonyl (C=O) groups is 1. The van der Waals surface area contributed by atoms with Crippen LogP contribution in [0.15, 0.2) is 60.6 Å². The fourth-order valence-electron chi connectivity index (χ4n) is 4.62. The third kappa shape index (κ3) is 4.64. The lowest BCUT2D eigenvalue weighted by atomic mass is 10.0. The number of aromatic nitrogens is 2. The average molecular weight is 507 g/mol. The van der Waals surface area contributed by atoms with Gasteiger partial charge in [0.2, 0.25) is 0 Å². The number of morpholine rings is 1. The van der Waals surface area contributed by atoms with Crippen LogP contribution in [0.4, 0.5) is 19.3 Å². The van der Waals surface area contributed by atoms with E-state index in [1.54, 1.807) is 28.7 Å². The molecule has 190 valence electrons. The molecule has 10 heteroatoms. The van der Waals surface area contributed by atoms with Crippen LogP contribution in [0, 0.1) is 18.6 Å². The lowest BCUT2D eigenvalue weighted by Crippen LogP contribution is -2.46. The van der Waals surface area contributed by atoms with E-state index < -0.39 is 23.8 Å². The first-order valence-corrected chi connectivity index (χ1v) is 11.7. The molecular weight excluding hydrogens is 482 g/mol. The molecule has 37 heavy (non-hydrogen) atoms. The summed E-state index contributed by atoms with van der Waals surface area (Å²) in [5.41, 5.74) is 2.15. The van der Waals surface area contributed by atoms with Gasteiger partial charge in [-0.1, -0.05) is 6.08 Å². The summed E-state index contributed by atoms with van der Waals surface area (Å²) in [6, 6.07) is 6.03. The van der Waals surface area contributed by atoms with Crippen LogP contribution in [0.25, 0.3) is 16.9 Å². The molecule has 1 amide bonds. The standard InChI is InChI=1S/C27H24F2N4O4/c1-17-6-8-33-23(14-20-15-31(9-10-37-20)27(35)36-2)26(30-24(33)11-17)25-21(28)12-19(13-22(25)29)32-7-4-3-5-18(32)16-34/h3-8,11-13,20H,9-10,14-15H2,1-2H3/t20-/m0/s1. The topological polar surface area (TPSA) is 76.4 Å². The Kier molecular flexibility index (Phi) is 6.60. The van der Waals surface area contributed by atoms with Gasteiger partial charge in [0.05, 0.1) is 49.0 Å². The van der Waals surface area contributed by atoms with E-state index in [4.69, 9.17) is 9.47 Å². The number of amides is 1. The highest BCUT2D eigenvalue weighted by Gasteiger charge is 2.29. The van der Waals surface area contributed by atoms with Gasteiger partial charge in [-0.3, -0.25) is 0 Å². The van der Waals surface area contributed by atoms with Gasteiger partial charge in [0.15, 0.2) is 5.94 Å². The average Bonchev–Trinajstić information content (AvgIpc) is 3.24. The minimum Gasteiger partial charge on any atom is -0.453 e. The number of nitrogens with zero attached hydrogens (tertiary/aromatic N) is 4. The van der Waals surface area contributed by atoms with E-state index in [9.17, 15) is 9.59 Å². The normalized spacial score (nSPS) is 17.4. The van der Waals surface area contributed by atoms with Crippen molar-refractivity contribution in [3.05, 3.63) is 83.5 Å². The zero-order valence-corrected chi connectivity index (χ0v) is 20.3. The largest absolute Gasteiger partial charge is 0.453 e. The van der Waals surface area contributed by atoms with Gasteiger partial charge in [-0.15, -0.1) is 0 Å². The summed E-state index contributed by atoms with van der Waals surface area (Å²) in [7, 11) is 1.32. The highest BCUT2D eigenvalue weighted by molar-refractivity contribution is 5.75. The number of ether oxygens (including phenoxy) is 2. The molecule has 0 spiro atoms. The maximum atomic E-state index is 15.6. The van der Waals surface area contributed by atoms with Gasteiger partial charge in [0.1, 0.15) is 23.0 Å². The van der Waals surface area contributed by atoms with Gasteiger partial charge >= 0.3 is 6.09 Å². The first-order valence-electron chi connectivity index (χ1n) is 11.7. The van der Waals surface area contributed by atoms with E-state index in [2.05, 4.69) is 4.98 Å². The van der Waals surface area contributed by atoms with E-state index in [0.29, 0.717) is 24.5 Å². The van der Waals surface area contributed by atoms with Crippen LogP contribution in [-0.2, 0) is 20.7 Å². The lowest BCUT2D eigenvalue weighted by Gasteiger charge is -2.32. The van der Waals surface area contributed by atoms with Gasteiger partial charge in [0.25, 0.3) is 0 Å². The van der Waals surface area contributed by atoms with Crippen LogP contribution in [-0.4, -0.2) is 59.2 Å². The zero-order chi connectivity index (χ0) is 26.1. The molecular formula is C27H24F2N4O4. The molecule has 1 aromatic carbocycles. The Morgan fingerprint density at radius 2 is 2.03 bits per heavy atom. The van der Waals surface area contributed by atoms with Crippen molar-refractivity contribution in [1.29, 1.82) is 0 Å². The predicted octanol–water partition coefficient (Wildman–Crippen LogP) is 4.20. The Morgan fingerprint density at radius 3 is 2.76 bits per heavy atom. The van der Waals surface area contributed by atoms with Gasteiger partial charge in [-0.25, -0.2) is 23.4 Å². The molecule has 0 aliphatic carbocycles. The molecule has 4 heterocycles. The molecule has 0 saturated carbocycles. The number of pyridine rings is 1. The van der Waals surface area contributed by atoms with Crippen molar-refractivity contribution < 1.29 is 27.8 Å². The van der Waals surface area contributed by atoms with Crippen molar-refractivity contribution in [3.8, 4) is 11.3 Å². The van der Waals surface area contributed by atoms with Crippen molar-refractivity contribution >= 4 is 23.4 Å². The van der Waals surface area contributed by atoms with Crippen LogP contribution >= 0.6 is 0 Å². The van der Waals surface area contributed by atoms with Crippen LogP contribution in [0.3, 0.4) is 0 Å². The predicted molar refractivity (Wildman–Crippen MR) is 133 cm³/mol. The van der Waals surface area contributed by atoms with E-state index in [1.807, 2.05) is 19.1 Å². The summed E-state index contributed by atoms with van der Waals surface area (Å²) in [6.07, 6.45) is 7.48. The van der Waals surface area contributed by atoms with Crippen LogP contribution in [0.1, 0.15) is 11.3 Å². The van der Waals surface area contributed by atoms with Crippen LogP contribution < -0.4 is 4.90 Å². The molecule has 0 N–H and O–H groups in total. The second-order valence-corrected chi connectivity index (χ2v) is 8.79. The Balaban J connectivity index is 1.57. The third-order valence-electron chi connectivity index (χ3n) is 6.38. The third-order valence-corrected chi connectivity index (χ3v) is 6.38. The summed E-state index contributed by atoms with van der Waals surface area (Å²) in [5, 5.41) is 0. The van der Waals surface area contributed by atoms with Crippen molar-refractivity contribution in [3.63, 3.8) is 0 Å². The summed E-state index contributed by atoms with van der Waals surface area (Å²) >= 11 is 0. The van der Waals surface area contributed by atoms with E-state index in [-0.39, 0.29) is 35.6 Å². The molecule has 2 aliphatic rings. The molecule has 5 rings (SSSR count). The van der Waals surface area contributed by atoms with Crippen molar-refractivity contribution in [2.24, 2.45) is 0 Å². The van der Waals surface area contributed by atoms with E-state index >= 15 is 8.78 Å². The maximum Gasteiger partial charge on any atom is 0.409 e. The Hall–Kier alpha value is -4.27. The quantitative estimate of drug-likeness (QED) is 0.494. The fraction of sp³-hybridized carbons (Fsp3) is 0.259. The Bertz CT molecular complexity index is 1470. The summed E-state index contributed by atoms with van der Waals surface area (Å²) in [6.45, 7) is 2.88. The van der Waals surface area contributed by atoms with E-state index in [1.165, 1.54) is 29.2 Å². The van der Waals surface area contributed by atoms with E-state index in [0.717, 1.165) is 17.7 Å². The van der Waals surface area contributed by atoms with Gasteiger partial charge < -0.3 is 23.7 Å². The zero-order valence-electron chi connectivity index (χ0n) is 20.3. The molecule has 1 atom stereocenters. The smallest absolute Gasteiger partial charge is 0.409 e. The van der Waals surface area contributed by atoms with Crippen LogP contribution in [0.2, 0.25) is 0 Å². The Morgan fingerprint density at radius 1 is 1.24 bits per heavy atom. The number of anilines is 1. The molecule has 0 radical (unpaired) electrons. The number of allylic oxidation sites excluding steroid dienone is 3. The van der Waals surface area contributed by atoms with Crippen molar-refractivity contribution in [2.45, 2.75) is 19.4 Å². The maximum absolute atomic E-state index is 15.6. The highest BCUT2D eigenvalue weighted by Crippen LogP contribution is 2.35. The number of imidazole rings is 1. The van der Waals surface area contributed by atoms with Crippen molar-refractivity contribution in [1.82, 2.24) is 14.3 Å². The number of halogens is 2. The molecule has 0 unspecified atom stereocenters. The molecule has 2 aliphatic heterocycles. The number of fused-ring (bicyclic) bond motifs is 1. The second-order valence-electron chi connectivity index (χ2n) is 8.79. The SMILES string of the molecule is COC(=O)N1CCO[C@@H](Cc2c(-c3c(F)cc(N4C=CC=CC4=C=O)cc3F)nc3cc(C)ccn23)C1. The number of rotatable bonds is 4. The van der Waals surface area contributed by atoms with Gasteiger partial charge in [0, 0.05) is 25.4 Å². The number of hydrogen-bond donors (Lipinski definition) is 0. The molecule has 8 nitrogen and oxygen atoms in total. The minimum absolute atomic E-state index is 0.127. The Labute approximate surface area is 211 Å². The lowest BCUT2D eigenvalue weighted by molar-refractivity contribution is -0.0241. The number of carbonyl (C=O) groups excluding carboxylic acids is 2. The van der Waals surface area contributed by atoms with Gasteiger partial charge in [-0.05, 0) is 48.9 Å². The summed E-state index contributed by atoms with van der Waals surface area (Å²) < 4.78 is 43.7. The summed E-state index contributed by atoms with van der Waals surface area (Å²) in [4.78, 5) is 30.8. The second kappa shape index (κ2) is 10.0. The first kappa shape index (κ1) is 24.4.